The lowest BCUT2D eigenvalue weighted by molar-refractivity contribution is -0.148. The average molecular weight is 428 g/mol. The van der Waals surface area contributed by atoms with Gasteiger partial charge in [0.25, 0.3) is 0 Å². The van der Waals surface area contributed by atoms with Crippen molar-refractivity contribution < 1.29 is 19.1 Å². The van der Waals surface area contributed by atoms with E-state index in [9.17, 15) is 9.59 Å². The highest BCUT2D eigenvalue weighted by molar-refractivity contribution is 5.84. The van der Waals surface area contributed by atoms with E-state index >= 15 is 0 Å². The molecule has 0 aromatic carbocycles. The van der Waals surface area contributed by atoms with Crippen molar-refractivity contribution in [2.24, 2.45) is 11.3 Å². The number of carbonyl (C=O) groups excluding carboxylic acids is 2. The first-order valence-corrected chi connectivity index (χ1v) is 11.7. The number of nitrogens with zero attached hydrogens (tertiary/aromatic N) is 1. The minimum atomic E-state index is -0.507. The molecule has 0 aliphatic carbocycles. The molecule has 5 heteroatoms. The molecular formula is C26H37NO4. The molecule has 3 rings (SSSR count). The quantitative estimate of drug-likeness (QED) is 0.458. The highest BCUT2D eigenvalue weighted by Crippen LogP contribution is 2.44. The van der Waals surface area contributed by atoms with Gasteiger partial charge < -0.3 is 9.47 Å². The molecule has 0 radical (unpaired) electrons. The number of epoxide rings is 1. The average Bonchev–Trinajstić information content (AvgIpc) is 3.37. The Morgan fingerprint density at radius 3 is 2.65 bits per heavy atom. The number of hydrogen-bond donors (Lipinski definition) is 0. The van der Waals surface area contributed by atoms with Crippen LogP contribution in [0.25, 0.3) is 6.08 Å². The van der Waals surface area contributed by atoms with Crippen LogP contribution in [0.15, 0.2) is 30.5 Å². The first-order valence-electron chi connectivity index (χ1n) is 11.7. The van der Waals surface area contributed by atoms with Crippen LogP contribution in [0.4, 0.5) is 0 Å². The molecule has 0 N–H and O–H groups in total. The van der Waals surface area contributed by atoms with Gasteiger partial charge in [0, 0.05) is 30.9 Å². The van der Waals surface area contributed by atoms with Gasteiger partial charge in [-0.1, -0.05) is 39.7 Å². The number of rotatable bonds is 2. The summed E-state index contributed by atoms with van der Waals surface area (Å²) in [6, 6.07) is 5.72. The number of esters is 1. The molecule has 31 heavy (non-hydrogen) atoms. The second-order valence-electron chi connectivity index (χ2n) is 10.1. The fourth-order valence-corrected chi connectivity index (χ4v) is 4.31. The first-order chi connectivity index (χ1) is 14.7. The van der Waals surface area contributed by atoms with Crippen LogP contribution in [0.5, 0.6) is 0 Å². The minimum Gasteiger partial charge on any atom is -0.458 e. The highest BCUT2D eigenvalue weighted by atomic mass is 16.6. The zero-order valence-electron chi connectivity index (χ0n) is 19.4. The van der Waals surface area contributed by atoms with Crippen molar-refractivity contribution in [3.05, 3.63) is 36.2 Å². The van der Waals surface area contributed by atoms with Gasteiger partial charge in [-0.05, 0) is 56.4 Å². The zero-order chi connectivity index (χ0) is 22.5. The van der Waals surface area contributed by atoms with E-state index in [2.05, 4.69) is 18.8 Å². The summed E-state index contributed by atoms with van der Waals surface area (Å²) in [4.78, 5) is 29.7. The third-order valence-corrected chi connectivity index (χ3v) is 6.88. The van der Waals surface area contributed by atoms with Gasteiger partial charge in [-0.25, -0.2) is 0 Å². The predicted octanol–water partition coefficient (Wildman–Crippen LogP) is 5.53. The number of fused-ring (bicyclic) bond motifs is 1. The molecule has 1 aromatic rings. The van der Waals surface area contributed by atoms with E-state index in [1.54, 1.807) is 6.20 Å². The topological polar surface area (TPSA) is 68.8 Å². The molecule has 2 aliphatic rings. The molecule has 1 aromatic heterocycles. The maximum atomic E-state index is 12.7. The molecule has 3 heterocycles. The number of carbonyl (C=O) groups is 2. The van der Waals surface area contributed by atoms with Crippen LogP contribution in [0.3, 0.4) is 0 Å². The number of hydrogen-bond acceptors (Lipinski definition) is 5. The minimum absolute atomic E-state index is 0.0971. The number of ketones is 1. The molecule has 2 saturated heterocycles. The Kier molecular flexibility index (Phi) is 7.68. The van der Waals surface area contributed by atoms with Crippen LogP contribution in [-0.4, -0.2) is 34.5 Å². The Bertz CT molecular complexity index is 788. The zero-order valence-corrected chi connectivity index (χ0v) is 19.4. The van der Waals surface area contributed by atoms with Crippen molar-refractivity contribution in [2.45, 2.75) is 96.9 Å². The third-order valence-electron chi connectivity index (χ3n) is 6.88. The molecule has 2 aliphatic heterocycles. The van der Waals surface area contributed by atoms with Gasteiger partial charge in [0.15, 0.2) is 0 Å². The maximum Gasteiger partial charge on any atom is 0.306 e. The molecular weight excluding hydrogens is 390 g/mol. The van der Waals surface area contributed by atoms with Crippen molar-refractivity contribution >= 4 is 17.8 Å². The molecule has 0 bridgehead atoms. The summed E-state index contributed by atoms with van der Waals surface area (Å²) in [5.41, 5.74) is 0.177. The Hall–Kier alpha value is -2.01. The van der Waals surface area contributed by atoms with E-state index < -0.39 is 5.41 Å². The second-order valence-corrected chi connectivity index (χ2v) is 10.1. The fourth-order valence-electron chi connectivity index (χ4n) is 4.31. The summed E-state index contributed by atoms with van der Waals surface area (Å²) in [6.45, 7) is 8.27. The largest absolute Gasteiger partial charge is 0.458 e. The van der Waals surface area contributed by atoms with Gasteiger partial charge in [-0.15, -0.1) is 0 Å². The summed E-state index contributed by atoms with van der Waals surface area (Å²) in [7, 11) is 0. The second kappa shape index (κ2) is 10.1. The van der Waals surface area contributed by atoms with Crippen LogP contribution in [0.1, 0.15) is 84.8 Å². The molecule has 0 amide bonds. The lowest BCUT2D eigenvalue weighted by Gasteiger charge is -2.24. The van der Waals surface area contributed by atoms with Gasteiger partial charge >= 0.3 is 5.97 Å². The molecule has 4 unspecified atom stereocenters. The number of ether oxygens (including phenoxy) is 2. The van der Waals surface area contributed by atoms with E-state index in [4.69, 9.17) is 9.47 Å². The molecule has 5 nitrogen and oxygen atoms in total. The molecule has 0 saturated carbocycles. The van der Waals surface area contributed by atoms with Crippen LogP contribution >= 0.6 is 0 Å². The van der Waals surface area contributed by atoms with Gasteiger partial charge in [0.1, 0.15) is 11.9 Å². The van der Waals surface area contributed by atoms with Crippen molar-refractivity contribution in [1.29, 1.82) is 0 Å². The smallest absolute Gasteiger partial charge is 0.306 e. The van der Waals surface area contributed by atoms with E-state index in [1.165, 1.54) is 0 Å². The van der Waals surface area contributed by atoms with Crippen molar-refractivity contribution in [3.8, 4) is 0 Å². The molecule has 170 valence electrons. The molecule has 4 atom stereocenters. The number of aromatic nitrogens is 1. The summed E-state index contributed by atoms with van der Waals surface area (Å²) in [5, 5.41) is 0. The number of Topliss-reactive ketones (excluding diaryl/α,β-unsaturated/α-hetero) is 1. The third kappa shape index (κ3) is 6.99. The fraction of sp³-hybridized carbons (Fsp3) is 0.654. The summed E-state index contributed by atoms with van der Waals surface area (Å²) in [6.07, 6.45) is 11.3. The van der Waals surface area contributed by atoms with Crippen LogP contribution in [0.2, 0.25) is 0 Å². The lowest BCUT2D eigenvalue weighted by Crippen LogP contribution is -2.27. The van der Waals surface area contributed by atoms with E-state index in [-0.39, 0.29) is 36.0 Å². The van der Waals surface area contributed by atoms with Crippen molar-refractivity contribution in [3.63, 3.8) is 0 Å². The van der Waals surface area contributed by atoms with Gasteiger partial charge in [0.2, 0.25) is 0 Å². The Balaban J connectivity index is 1.71. The predicted molar refractivity (Wildman–Crippen MR) is 121 cm³/mol. The van der Waals surface area contributed by atoms with Crippen LogP contribution in [0, 0.1) is 11.3 Å². The Labute approximate surface area is 186 Å². The van der Waals surface area contributed by atoms with E-state index in [1.807, 2.05) is 44.2 Å². The van der Waals surface area contributed by atoms with Crippen molar-refractivity contribution in [2.75, 3.05) is 0 Å². The van der Waals surface area contributed by atoms with Gasteiger partial charge in [-0.3, -0.25) is 14.6 Å². The normalized spacial score (nSPS) is 33.0. The Morgan fingerprint density at radius 2 is 1.90 bits per heavy atom. The van der Waals surface area contributed by atoms with Crippen molar-refractivity contribution in [1.82, 2.24) is 4.98 Å². The number of pyridine rings is 1. The summed E-state index contributed by atoms with van der Waals surface area (Å²) in [5.74, 6) is 0.496. The Morgan fingerprint density at radius 1 is 1.10 bits per heavy atom. The lowest BCUT2D eigenvalue weighted by atomic mass is 9.80. The SMILES string of the molecule is CC1CCCC2(C)OC2CC(/C=C/c2ccccn2)OC(=O)CCC(C)(C)C(=O)CC1. The standard InChI is InChI=1S/C26H37NO4/c1-19-8-7-15-26(4)23(31-26)18-21(12-11-20-9-5-6-17-27-20)30-24(29)14-16-25(2,3)22(28)13-10-19/h5-6,9,11-12,17,19,21,23H,7-8,10,13-16,18H2,1-4H3/b12-11+. The number of cyclic esters (lactones) is 1. The summed E-state index contributed by atoms with van der Waals surface area (Å²) >= 11 is 0. The van der Waals surface area contributed by atoms with Crippen LogP contribution < -0.4 is 0 Å². The van der Waals surface area contributed by atoms with E-state index in [0.29, 0.717) is 25.2 Å². The summed E-state index contributed by atoms with van der Waals surface area (Å²) < 4.78 is 11.9. The monoisotopic (exact) mass is 427 g/mol. The molecule has 0 spiro atoms. The van der Waals surface area contributed by atoms with Gasteiger partial charge in [0.05, 0.1) is 17.4 Å². The van der Waals surface area contributed by atoms with Crippen LogP contribution in [-0.2, 0) is 19.1 Å². The van der Waals surface area contributed by atoms with Gasteiger partial charge in [-0.2, -0.15) is 0 Å². The first kappa shape index (κ1) is 23.6. The molecule has 2 fully saturated rings. The van der Waals surface area contributed by atoms with E-state index in [0.717, 1.165) is 31.4 Å². The highest BCUT2D eigenvalue weighted by Gasteiger charge is 2.52. The maximum absolute atomic E-state index is 12.7.